The fourth-order valence-electron chi connectivity index (χ4n) is 0.205. The van der Waals surface area contributed by atoms with Crippen molar-refractivity contribution in [2.45, 2.75) is 0 Å². The van der Waals surface area contributed by atoms with Crippen LogP contribution in [-0.2, 0) is 0 Å². The van der Waals surface area contributed by atoms with E-state index in [0.717, 1.165) is 0 Å². The number of aromatic nitrogens is 3. The summed E-state index contributed by atoms with van der Waals surface area (Å²) < 4.78 is 0. The van der Waals surface area contributed by atoms with E-state index in [1.807, 2.05) is 5.43 Å². The van der Waals surface area contributed by atoms with Gasteiger partial charge in [-0.25, -0.2) is 20.8 Å². The van der Waals surface area contributed by atoms with Crippen LogP contribution in [-0.4, -0.2) is 20.1 Å². The minimum Gasteiger partial charge on any atom is -0.375 e. The number of nitrogens with two attached hydrogens (primary N) is 2. The normalized spacial score (nSPS) is 7.36. The van der Waals surface area contributed by atoms with Crippen molar-refractivity contribution >= 4 is 17.3 Å². The lowest BCUT2D eigenvalue weighted by molar-refractivity contribution is 1.03. The second-order valence-electron chi connectivity index (χ2n) is 1.30. The average molecular weight is 172 g/mol. The van der Waals surface area contributed by atoms with Crippen LogP contribution in [0.1, 0.15) is 0 Å². The van der Waals surface area contributed by atoms with Crippen molar-refractivity contribution in [1.82, 2.24) is 20.4 Å². The molecule has 1 rings (SSSR count). The third-order valence-electron chi connectivity index (χ3n) is 0.542. The first-order chi connectivity index (χ1) is 5.27. The highest BCUT2D eigenvalue weighted by Gasteiger charge is 1.66. The highest BCUT2D eigenvalue weighted by molar-refractivity contribution is 7.80. The molecule has 60 valence electrons. The number of nitrogens with zero attached hydrogens (tertiary/aromatic N) is 3. The smallest absolute Gasteiger partial charge is 0.177 e. The van der Waals surface area contributed by atoms with Crippen LogP contribution in [0.4, 0.5) is 0 Å². The van der Waals surface area contributed by atoms with Crippen molar-refractivity contribution in [3.05, 3.63) is 19.0 Å². The number of hydrogen-bond donors (Lipinski definition) is 3. The van der Waals surface area contributed by atoms with Gasteiger partial charge in [-0.3, -0.25) is 0 Å². The Labute approximate surface area is 69.0 Å². The molecule has 1 aromatic rings. The van der Waals surface area contributed by atoms with Gasteiger partial charge < -0.3 is 11.2 Å². The predicted octanol–water partition coefficient (Wildman–Crippen LogP) is -1.44. The fraction of sp³-hybridized carbons (Fsp3) is 0. The summed E-state index contributed by atoms with van der Waals surface area (Å²) in [6.45, 7) is 0. The largest absolute Gasteiger partial charge is 0.375 e. The van der Waals surface area contributed by atoms with Crippen LogP contribution >= 0.6 is 12.2 Å². The molecule has 11 heavy (non-hydrogen) atoms. The molecule has 0 saturated carbocycles. The molecule has 0 spiro atoms. The van der Waals surface area contributed by atoms with Gasteiger partial charge >= 0.3 is 0 Å². The Hall–Kier alpha value is -1.34. The van der Waals surface area contributed by atoms with E-state index in [4.69, 9.17) is 5.73 Å². The molecule has 0 bridgehead atoms. The van der Waals surface area contributed by atoms with E-state index >= 15 is 0 Å². The van der Waals surface area contributed by atoms with Gasteiger partial charge in [0.25, 0.3) is 0 Å². The van der Waals surface area contributed by atoms with Gasteiger partial charge in [0, 0.05) is 0 Å². The fourth-order valence-corrected chi connectivity index (χ4v) is 0.205. The van der Waals surface area contributed by atoms with E-state index in [0.29, 0.717) is 0 Å². The van der Waals surface area contributed by atoms with Crippen molar-refractivity contribution in [2.75, 3.05) is 0 Å². The molecule has 5 N–H and O–H groups in total. The highest BCUT2D eigenvalue weighted by atomic mass is 32.1. The molecule has 0 saturated heterocycles. The molecule has 1 aromatic heterocycles. The van der Waals surface area contributed by atoms with Gasteiger partial charge in [0.15, 0.2) is 5.11 Å². The quantitative estimate of drug-likeness (QED) is 0.250. The molecule has 0 aliphatic carbocycles. The molecular formula is C4H8N6S. The number of rotatable bonds is 0. The van der Waals surface area contributed by atoms with E-state index in [2.05, 4.69) is 33.0 Å². The molecule has 0 aromatic carbocycles. The lowest BCUT2D eigenvalue weighted by Crippen LogP contribution is -2.34. The third kappa shape index (κ3) is 8.66. The van der Waals surface area contributed by atoms with Gasteiger partial charge in [-0.2, -0.15) is 0 Å². The molecule has 0 amide bonds. The molecule has 0 radical (unpaired) electrons. The molecule has 6 nitrogen and oxygen atoms in total. The SMILES string of the molecule is NNC(N)=S.c1ncncn1. The maximum absolute atomic E-state index is 4.79. The first-order valence-electron chi connectivity index (χ1n) is 2.58. The molecule has 0 aliphatic heterocycles. The van der Waals surface area contributed by atoms with Crippen LogP contribution in [0.3, 0.4) is 0 Å². The van der Waals surface area contributed by atoms with Gasteiger partial charge in [-0.1, -0.05) is 0 Å². The van der Waals surface area contributed by atoms with E-state index < -0.39 is 0 Å². The van der Waals surface area contributed by atoms with Crippen LogP contribution in [0, 0.1) is 0 Å². The maximum Gasteiger partial charge on any atom is 0.177 e. The van der Waals surface area contributed by atoms with Crippen LogP contribution in [0.5, 0.6) is 0 Å². The summed E-state index contributed by atoms with van der Waals surface area (Å²) in [6.07, 6.45) is 4.31. The summed E-state index contributed by atoms with van der Waals surface area (Å²) >= 11 is 4.24. The van der Waals surface area contributed by atoms with E-state index in [9.17, 15) is 0 Å². The third-order valence-corrected chi connectivity index (χ3v) is 0.660. The van der Waals surface area contributed by atoms with Crippen molar-refractivity contribution in [2.24, 2.45) is 11.6 Å². The van der Waals surface area contributed by atoms with Gasteiger partial charge in [-0.05, 0) is 12.2 Å². The Kier molecular flexibility index (Phi) is 5.95. The molecule has 0 fully saturated rings. The van der Waals surface area contributed by atoms with Crippen LogP contribution in [0.2, 0.25) is 0 Å². The number of nitrogens with one attached hydrogen (secondary N) is 1. The zero-order valence-electron chi connectivity index (χ0n) is 5.64. The van der Waals surface area contributed by atoms with Gasteiger partial charge in [0.05, 0.1) is 0 Å². The summed E-state index contributed by atoms with van der Waals surface area (Å²) in [6, 6.07) is 0. The van der Waals surface area contributed by atoms with Crippen LogP contribution in [0.25, 0.3) is 0 Å². The topological polar surface area (TPSA) is 103 Å². The van der Waals surface area contributed by atoms with E-state index in [1.54, 1.807) is 0 Å². The Balaban J connectivity index is 0.000000187. The van der Waals surface area contributed by atoms with Gasteiger partial charge in [0.2, 0.25) is 0 Å². The van der Waals surface area contributed by atoms with Gasteiger partial charge in [-0.15, -0.1) is 0 Å². The van der Waals surface area contributed by atoms with Crippen molar-refractivity contribution in [3.63, 3.8) is 0 Å². The molecular weight excluding hydrogens is 164 g/mol. The highest BCUT2D eigenvalue weighted by Crippen LogP contribution is 1.57. The van der Waals surface area contributed by atoms with E-state index in [-0.39, 0.29) is 5.11 Å². The van der Waals surface area contributed by atoms with Crippen molar-refractivity contribution in [1.29, 1.82) is 0 Å². The van der Waals surface area contributed by atoms with Crippen LogP contribution < -0.4 is 17.0 Å². The second kappa shape index (κ2) is 6.78. The maximum atomic E-state index is 4.79. The zero-order chi connectivity index (χ0) is 8.53. The van der Waals surface area contributed by atoms with E-state index in [1.165, 1.54) is 19.0 Å². The predicted molar refractivity (Wildman–Crippen MR) is 43.9 cm³/mol. The minimum absolute atomic E-state index is 0.116. The van der Waals surface area contributed by atoms with Crippen molar-refractivity contribution in [3.8, 4) is 0 Å². The molecule has 0 aliphatic rings. The first kappa shape index (κ1) is 9.66. The summed E-state index contributed by atoms with van der Waals surface area (Å²) in [4.78, 5) is 10.7. The van der Waals surface area contributed by atoms with Gasteiger partial charge in [0.1, 0.15) is 19.0 Å². The summed E-state index contributed by atoms with van der Waals surface area (Å²) in [7, 11) is 0. The first-order valence-corrected chi connectivity index (χ1v) is 2.99. The summed E-state index contributed by atoms with van der Waals surface area (Å²) in [5.41, 5.74) is 6.82. The average Bonchev–Trinajstić information content (AvgIpc) is 2.09. The van der Waals surface area contributed by atoms with Crippen molar-refractivity contribution < 1.29 is 0 Å². The Morgan fingerprint density at radius 2 is 1.45 bits per heavy atom. The Morgan fingerprint density at radius 1 is 1.18 bits per heavy atom. The lowest BCUT2D eigenvalue weighted by Gasteiger charge is -1.85. The Bertz CT molecular complexity index is 162. The molecule has 7 heteroatoms. The number of thiocarbonyl (C=S) groups is 1. The Morgan fingerprint density at radius 3 is 1.55 bits per heavy atom. The monoisotopic (exact) mass is 172 g/mol. The lowest BCUT2D eigenvalue weighted by atomic mass is 11.1. The second-order valence-corrected chi connectivity index (χ2v) is 1.74. The summed E-state index contributed by atoms with van der Waals surface area (Å²) in [5, 5.41) is 0.116. The summed E-state index contributed by atoms with van der Waals surface area (Å²) in [5.74, 6) is 4.66. The molecule has 1 heterocycles. The standard InChI is InChI=1S/C3H3N3.CH5N3S/c1-4-2-6-3-5-1;2-1(5)4-3/h1-3H;3H2,(H3,2,4,5). The van der Waals surface area contributed by atoms with Crippen LogP contribution in [0.15, 0.2) is 19.0 Å². The zero-order valence-corrected chi connectivity index (χ0v) is 6.45. The number of hydrogen-bond acceptors (Lipinski definition) is 5. The number of hydrazine groups is 1. The minimum atomic E-state index is 0.116. The molecule has 0 atom stereocenters. The molecule has 0 unspecified atom stereocenters.